The molecule has 0 spiro atoms. The van der Waals surface area contributed by atoms with E-state index >= 15 is 0 Å². The normalized spacial score (nSPS) is 12.7. The molecule has 0 saturated carbocycles. The van der Waals surface area contributed by atoms with Crippen molar-refractivity contribution in [3.8, 4) is 0 Å². The lowest BCUT2D eigenvalue weighted by Gasteiger charge is -2.26. The van der Waals surface area contributed by atoms with Gasteiger partial charge >= 0.3 is 0 Å². The molecule has 0 radical (unpaired) electrons. The van der Waals surface area contributed by atoms with E-state index in [9.17, 15) is 13.6 Å². The first kappa shape index (κ1) is 20.6. The lowest BCUT2D eigenvalue weighted by Crippen LogP contribution is -2.39. The number of carbonyl (C=O) groups excluding carboxylic acids is 1. The summed E-state index contributed by atoms with van der Waals surface area (Å²) < 4.78 is 28.5. The molecule has 0 aliphatic rings. The van der Waals surface area contributed by atoms with Gasteiger partial charge in [0.2, 0.25) is 0 Å². The Labute approximate surface area is 165 Å². The third-order valence-electron chi connectivity index (χ3n) is 3.45. The second kappa shape index (κ2) is 8.30. The second-order valence-electron chi connectivity index (χ2n) is 5.21. The number of alkyl halides is 2. The number of hydrogen-bond acceptors (Lipinski definition) is 4. The van der Waals surface area contributed by atoms with E-state index in [0.29, 0.717) is 15.8 Å². The first-order valence-electron chi connectivity index (χ1n) is 6.98. The summed E-state index contributed by atoms with van der Waals surface area (Å²) in [6.45, 7) is 1.72. The van der Waals surface area contributed by atoms with Crippen LogP contribution in [-0.4, -0.2) is 33.9 Å². The minimum Gasteiger partial charge on any atom is -0.275 e. The fraction of sp³-hybridized carbons (Fsp3) is 0.429. The Morgan fingerprint density at radius 3 is 2.64 bits per heavy atom. The van der Waals surface area contributed by atoms with Crippen LogP contribution >= 0.6 is 50.5 Å². The minimum absolute atomic E-state index is 0.209. The molecule has 2 aromatic rings. The van der Waals surface area contributed by atoms with Gasteiger partial charge in [-0.3, -0.25) is 14.3 Å². The maximum Gasteiger partial charge on any atom is 0.282 e. The summed E-state index contributed by atoms with van der Waals surface area (Å²) in [5.74, 6) is -0.702. The summed E-state index contributed by atoms with van der Waals surface area (Å²) in [4.78, 5) is 17.8. The zero-order valence-corrected chi connectivity index (χ0v) is 17.3. The molecule has 1 atom stereocenters. The van der Waals surface area contributed by atoms with Crippen molar-refractivity contribution < 1.29 is 18.4 Å². The molecular weight excluding hydrogens is 463 g/mol. The number of carbonyl (C=O) groups is 1. The number of aryl methyl sites for hydroxylation is 1. The smallest absolute Gasteiger partial charge is 0.275 e. The van der Waals surface area contributed by atoms with Crippen LogP contribution in [0.3, 0.4) is 0 Å². The molecule has 2 aromatic heterocycles. The molecule has 0 fully saturated rings. The molecule has 0 N–H and O–H groups in total. The number of amides is 1. The Kier molecular flexibility index (Phi) is 6.83. The predicted octanol–water partition coefficient (Wildman–Crippen LogP) is 5.12. The molecule has 0 aliphatic carbocycles. The van der Waals surface area contributed by atoms with Crippen LogP contribution in [0, 0.1) is 0 Å². The van der Waals surface area contributed by atoms with Crippen molar-refractivity contribution in [3.63, 3.8) is 0 Å². The van der Waals surface area contributed by atoms with Crippen molar-refractivity contribution in [1.82, 2.24) is 14.8 Å². The summed E-state index contributed by atoms with van der Waals surface area (Å²) in [6.07, 6.45) is -1.30. The molecule has 138 valence electrons. The second-order valence-corrected chi connectivity index (χ2v) is 8.53. The van der Waals surface area contributed by atoms with Crippen LogP contribution in [0.25, 0.3) is 0 Å². The monoisotopic (exact) mass is 475 g/mol. The largest absolute Gasteiger partial charge is 0.282 e. The Morgan fingerprint density at radius 2 is 2.16 bits per heavy atom. The van der Waals surface area contributed by atoms with Gasteiger partial charge in [0, 0.05) is 13.2 Å². The number of halogens is 5. The molecule has 0 saturated heterocycles. The molecular formula is C14H14BrCl2F2N3O2S. The fourth-order valence-electron chi connectivity index (χ4n) is 2.35. The third kappa shape index (κ3) is 4.33. The molecule has 0 aromatic carbocycles. The van der Waals surface area contributed by atoms with E-state index in [4.69, 9.17) is 28.0 Å². The maximum atomic E-state index is 13.1. The standard InChI is InChI=1S/C14H14BrCl2F2N3O2S/c1-6(4-7-9(16)12(17)25-11(7)15)22(24-3)14(23)8-5-21(2)20-10(8)13(18)19/h5-6,13H,4H2,1-3H3. The highest BCUT2D eigenvalue weighted by Crippen LogP contribution is 2.41. The first-order chi connectivity index (χ1) is 11.7. The number of nitrogens with zero attached hydrogens (tertiary/aromatic N) is 3. The summed E-state index contributed by atoms with van der Waals surface area (Å²) >= 11 is 16.8. The van der Waals surface area contributed by atoms with E-state index in [1.165, 1.54) is 36.4 Å². The van der Waals surface area contributed by atoms with E-state index in [2.05, 4.69) is 21.0 Å². The van der Waals surface area contributed by atoms with Crippen molar-refractivity contribution in [2.75, 3.05) is 7.11 Å². The highest BCUT2D eigenvalue weighted by atomic mass is 79.9. The van der Waals surface area contributed by atoms with Crippen LogP contribution in [0.15, 0.2) is 9.98 Å². The topological polar surface area (TPSA) is 47.4 Å². The Balaban J connectivity index is 2.28. The quantitative estimate of drug-likeness (QED) is 0.543. The summed E-state index contributed by atoms with van der Waals surface area (Å²) in [5, 5.41) is 5.06. The van der Waals surface area contributed by atoms with Crippen molar-refractivity contribution in [2.24, 2.45) is 7.05 Å². The predicted molar refractivity (Wildman–Crippen MR) is 96.5 cm³/mol. The number of thiophene rings is 1. The van der Waals surface area contributed by atoms with Gasteiger partial charge in [-0.2, -0.15) is 5.10 Å². The van der Waals surface area contributed by atoms with Gasteiger partial charge in [0.15, 0.2) is 0 Å². The van der Waals surface area contributed by atoms with Crippen molar-refractivity contribution in [1.29, 1.82) is 0 Å². The maximum absolute atomic E-state index is 13.1. The molecule has 1 unspecified atom stereocenters. The molecule has 2 heterocycles. The third-order valence-corrected chi connectivity index (χ3v) is 6.26. The van der Waals surface area contributed by atoms with Gasteiger partial charge in [0.25, 0.3) is 12.3 Å². The number of hydrogen-bond donors (Lipinski definition) is 0. The van der Waals surface area contributed by atoms with Gasteiger partial charge in [0.05, 0.1) is 27.5 Å². The van der Waals surface area contributed by atoms with Crippen LogP contribution in [0.1, 0.15) is 35.0 Å². The zero-order chi connectivity index (χ0) is 18.9. The van der Waals surface area contributed by atoms with E-state index in [0.717, 1.165) is 14.4 Å². The molecule has 11 heteroatoms. The van der Waals surface area contributed by atoms with Crippen LogP contribution in [-0.2, 0) is 18.3 Å². The van der Waals surface area contributed by atoms with E-state index in [-0.39, 0.29) is 5.56 Å². The summed E-state index contributed by atoms with van der Waals surface area (Å²) in [5.41, 5.74) is -0.0708. The highest BCUT2D eigenvalue weighted by molar-refractivity contribution is 9.11. The van der Waals surface area contributed by atoms with Crippen molar-refractivity contribution in [3.05, 3.63) is 36.2 Å². The van der Waals surface area contributed by atoms with Crippen LogP contribution in [0.2, 0.25) is 9.36 Å². The van der Waals surface area contributed by atoms with E-state index in [1.54, 1.807) is 6.92 Å². The van der Waals surface area contributed by atoms with Crippen molar-refractivity contribution >= 4 is 56.4 Å². The van der Waals surface area contributed by atoms with Gasteiger partial charge < -0.3 is 0 Å². The molecule has 25 heavy (non-hydrogen) atoms. The Bertz CT molecular complexity index is 784. The minimum atomic E-state index is -2.87. The zero-order valence-electron chi connectivity index (χ0n) is 13.4. The van der Waals surface area contributed by atoms with E-state index in [1.807, 2.05) is 0 Å². The lowest BCUT2D eigenvalue weighted by atomic mass is 10.1. The highest BCUT2D eigenvalue weighted by Gasteiger charge is 2.30. The van der Waals surface area contributed by atoms with Crippen LogP contribution < -0.4 is 0 Å². The number of aromatic nitrogens is 2. The van der Waals surface area contributed by atoms with Gasteiger partial charge in [0.1, 0.15) is 10.0 Å². The molecule has 1 amide bonds. The van der Waals surface area contributed by atoms with Crippen LogP contribution in [0.5, 0.6) is 0 Å². The van der Waals surface area contributed by atoms with E-state index < -0.39 is 24.1 Å². The fourth-order valence-corrected chi connectivity index (χ4v) is 4.96. The van der Waals surface area contributed by atoms with Crippen LogP contribution in [0.4, 0.5) is 8.78 Å². The summed E-state index contributed by atoms with van der Waals surface area (Å²) in [7, 11) is 2.76. The van der Waals surface area contributed by atoms with Gasteiger partial charge in [-0.05, 0) is 34.8 Å². The average Bonchev–Trinajstić information content (AvgIpc) is 3.03. The molecule has 0 bridgehead atoms. The average molecular weight is 477 g/mol. The molecule has 5 nitrogen and oxygen atoms in total. The van der Waals surface area contributed by atoms with Gasteiger partial charge in [-0.1, -0.05) is 23.2 Å². The van der Waals surface area contributed by atoms with Gasteiger partial charge in [-0.15, -0.1) is 11.3 Å². The summed E-state index contributed by atoms with van der Waals surface area (Å²) in [6, 6.07) is -0.484. The van der Waals surface area contributed by atoms with Gasteiger partial charge in [-0.25, -0.2) is 13.8 Å². The Morgan fingerprint density at radius 1 is 1.52 bits per heavy atom. The SMILES string of the molecule is CON(C(=O)c1cn(C)nc1C(F)F)C(C)Cc1c(Br)sc(Cl)c1Cl. The lowest BCUT2D eigenvalue weighted by molar-refractivity contribution is -0.119. The first-order valence-corrected chi connectivity index (χ1v) is 9.35. The number of rotatable bonds is 6. The number of hydroxylamine groups is 2. The molecule has 0 aliphatic heterocycles. The molecule has 2 rings (SSSR count). The Hall–Kier alpha value is -0.740. The van der Waals surface area contributed by atoms with Crippen molar-refractivity contribution in [2.45, 2.75) is 25.8 Å².